The molecule has 1 heterocycles. The number of benzene rings is 1. The number of rotatable bonds is 6. The number of carbonyl (C=O) groups excluding carboxylic acids is 2. The maximum atomic E-state index is 12.4. The Hall–Kier alpha value is -2.63. The van der Waals surface area contributed by atoms with Crippen LogP contribution in [0.4, 0.5) is 5.69 Å². The molecule has 26 heavy (non-hydrogen) atoms. The number of anilines is 1. The van der Waals surface area contributed by atoms with Gasteiger partial charge in [-0.05, 0) is 56.9 Å². The molecule has 1 aromatic heterocycles. The third-order valence-electron chi connectivity index (χ3n) is 4.93. The Morgan fingerprint density at radius 1 is 1.19 bits per heavy atom. The molecule has 1 N–H and O–H groups in total. The monoisotopic (exact) mass is 356 g/mol. The van der Waals surface area contributed by atoms with Crippen LogP contribution in [0.1, 0.15) is 34.5 Å². The van der Waals surface area contributed by atoms with Gasteiger partial charge in [0.1, 0.15) is 0 Å². The number of amides is 2. The summed E-state index contributed by atoms with van der Waals surface area (Å²) in [6, 6.07) is 5.78. The molecule has 6 nitrogen and oxygen atoms in total. The van der Waals surface area contributed by atoms with E-state index in [0.29, 0.717) is 12.8 Å². The lowest BCUT2D eigenvalue weighted by Gasteiger charge is -2.18. The van der Waals surface area contributed by atoms with Crippen LogP contribution in [0.5, 0.6) is 0 Å². The van der Waals surface area contributed by atoms with Gasteiger partial charge in [0.25, 0.3) is 0 Å². The summed E-state index contributed by atoms with van der Waals surface area (Å²) in [5.41, 5.74) is 6.08. The van der Waals surface area contributed by atoms with Crippen molar-refractivity contribution in [2.45, 2.75) is 40.5 Å². The fourth-order valence-corrected chi connectivity index (χ4v) is 2.98. The Morgan fingerprint density at radius 2 is 1.88 bits per heavy atom. The summed E-state index contributed by atoms with van der Waals surface area (Å²) in [7, 11) is 3.56. The molecule has 0 aliphatic rings. The van der Waals surface area contributed by atoms with Crippen LogP contribution >= 0.6 is 0 Å². The second-order valence-corrected chi connectivity index (χ2v) is 6.82. The molecule has 0 aliphatic carbocycles. The summed E-state index contributed by atoms with van der Waals surface area (Å²) in [6.07, 6.45) is 0.994. The number of nitrogens with one attached hydrogen (secondary N) is 1. The molecule has 0 fully saturated rings. The highest BCUT2D eigenvalue weighted by atomic mass is 16.2. The predicted molar refractivity (Wildman–Crippen MR) is 103 cm³/mol. The molecule has 2 aromatic rings. The summed E-state index contributed by atoms with van der Waals surface area (Å²) in [4.78, 5) is 26.1. The average Bonchev–Trinajstić information content (AvgIpc) is 2.82. The molecule has 1 aromatic carbocycles. The predicted octanol–water partition coefficient (Wildman–Crippen LogP) is 2.68. The van der Waals surface area contributed by atoms with Crippen molar-refractivity contribution >= 4 is 17.5 Å². The van der Waals surface area contributed by atoms with Gasteiger partial charge in [-0.2, -0.15) is 5.10 Å². The van der Waals surface area contributed by atoms with E-state index in [4.69, 9.17) is 0 Å². The van der Waals surface area contributed by atoms with E-state index in [2.05, 4.69) is 10.4 Å². The fourth-order valence-electron chi connectivity index (χ4n) is 2.98. The van der Waals surface area contributed by atoms with E-state index in [9.17, 15) is 9.59 Å². The quantitative estimate of drug-likeness (QED) is 0.865. The van der Waals surface area contributed by atoms with E-state index >= 15 is 0 Å². The van der Waals surface area contributed by atoms with Crippen LogP contribution in [0.25, 0.3) is 0 Å². The normalized spacial score (nSPS) is 10.7. The van der Waals surface area contributed by atoms with Crippen molar-refractivity contribution in [2.75, 3.05) is 18.9 Å². The highest BCUT2D eigenvalue weighted by molar-refractivity contribution is 5.95. The topological polar surface area (TPSA) is 67.2 Å². The van der Waals surface area contributed by atoms with Gasteiger partial charge in [-0.15, -0.1) is 0 Å². The summed E-state index contributed by atoms with van der Waals surface area (Å²) in [6.45, 7) is 7.97. The minimum Gasteiger partial charge on any atom is -0.336 e. The lowest BCUT2D eigenvalue weighted by Crippen LogP contribution is -2.35. The second kappa shape index (κ2) is 8.17. The SMILES string of the molecule is Cc1cccc(NC(=O)CN(C)C(=O)CCc2c(C)nn(C)c2C)c1C. The third-order valence-corrected chi connectivity index (χ3v) is 4.93. The summed E-state index contributed by atoms with van der Waals surface area (Å²) < 4.78 is 1.83. The van der Waals surface area contributed by atoms with Crippen molar-refractivity contribution in [1.29, 1.82) is 0 Å². The molecule has 0 radical (unpaired) electrons. The van der Waals surface area contributed by atoms with Gasteiger partial charge in [0, 0.05) is 31.9 Å². The Morgan fingerprint density at radius 3 is 2.50 bits per heavy atom. The van der Waals surface area contributed by atoms with Crippen molar-refractivity contribution in [3.63, 3.8) is 0 Å². The Kier molecular flexibility index (Phi) is 6.18. The fraction of sp³-hybridized carbons (Fsp3) is 0.450. The summed E-state index contributed by atoms with van der Waals surface area (Å²) >= 11 is 0. The van der Waals surface area contributed by atoms with Crippen LogP contribution in [-0.2, 0) is 23.1 Å². The van der Waals surface area contributed by atoms with Crippen molar-refractivity contribution < 1.29 is 9.59 Å². The molecule has 0 aliphatic heterocycles. The first-order chi connectivity index (χ1) is 12.2. The molecule has 6 heteroatoms. The minimum atomic E-state index is -0.191. The van der Waals surface area contributed by atoms with Crippen LogP contribution in [0.3, 0.4) is 0 Å². The van der Waals surface area contributed by atoms with Gasteiger partial charge >= 0.3 is 0 Å². The molecule has 2 rings (SSSR count). The van der Waals surface area contributed by atoms with E-state index in [1.165, 1.54) is 4.90 Å². The molecule has 0 bridgehead atoms. The van der Waals surface area contributed by atoms with Crippen LogP contribution < -0.4 is 5.32 Å². The molecule has 0 atom stereocenters. The van der Waals surface area contributed by atoms with Crippen LogP contribution in [0, 0.1) is 27.7 Å². The third kappa shape index (κ3) is 4.50. The van der Waals surface area contributed by atoms with Gasteiger partial charge in [-0.1, -0.05) is 12.1 Å². The van der Waals surface area contributed by atoms with E-state index in [1.54, 1.807) is 7.05 Å². The maximum Gasteiger partial charge on any atom is 0.243 e. The van der Waals surface area contributed by atoms with Crippen LogP contribution in [0.15, 0.2) is 18.2 Å². The number of hydrogen-bond acceptors (Lipinski definition) is 3. The highest BCUT2D eigenvalue weighted by Crippen LogP contribution is 2.18. The van der Waals surface area contributed by atoms with Crippen molar-refractivity contribution in [2.24, 2.45) is 7.05 Å². The van der Waals surface area contributed by atoms with Crippen LogP contribution in [-0.4, -0.2) is 40.1 Å². The van der Waals surface area contributed by atoms with Crippen molar-refractivity contribution in [3.05, 3.63) is 46.3 Å². The molecule has 0 saturated carbocycles. The average molecular weight is 356 g/mol. The smallest absolute Gasteiger partial charge is 0.243 e. The zero-order chi connectivity index (χ0) is 19.4. The van der Waals surface area contributed by atoms with Crippen molar-refractivity contribution in [1.82, 2.24) is 14.7 Å². The highest BCUT2D eigenvalue weighted by Gasteiger charge is 2.16. The number of hydrogen-bond donors (Lipinski definition) is 1. The van der Waals surface area contributed by atoms with E-state index in [0.717, 1.165) is 33.8 Å². The largest absolute Gasteiger partial charge is 0.336 e. The molecule has 0 saturated heterocycles. The number of nitrogens with zero attached hydrogens (tertiary/aromatic N) is 3. The van der Waals surface area contributed by atoms with Gasteiger partial charge in [0.15, 0.2) is 0 Å². The maximum absolute atomic E-state index is 12.4. The van der Waals surface area contributed by atoms with Gasteiger partial charge in [0.05, 0.1) is 12.2 Å². The molecule has 0 spiro atoms. The summed E-state index contributed by atoms with van der Waals surface area (Å²) in [5, 5.41) is 7.26. The Labute approximate surface area is 155 Å². The zero-order valence-corrected chi connectivity index (χ0v) is 16.5. The molecule has 2 amide bonds. The number of carbonyl (C=O) groups is 2. The molecular weight excluding hydrogens is 328 g/mol. The summed E-state index contributed by atoms with van der Waals surface area (Å²) in [5.74, 6) is -0.243. The van der Waals surface area contributed by atoms with Gasteiger partial charge in [0.2, 0.25) is 11.8 Å². The first-order valence-corrected chi connectivity index (χ1v) is 8.79. The van der Waals surface area contributed by atoms with E-state index in [-0.39, 0.29) is 18.4 Å². The van der Waals surface area contributed by atoms with E-state index in [1.807, 2.05) is 57.6 Å². The van der Waals surface area contributed by atoms with Gasteiger partial charge in [-0.25, -0.2) is 0 Å². The van der Waals surface area contributed by atoms with Gasteiger partial charge < -0.3 is 10.2 Å². The van der Waals surface area contributed by atoms with Crippen LogP contribution in [0.2, 0.25) is 0 Å². The second-order valence-electron chi connectivity index (χ2n) is 6.82. The lowest BCUT2D eigenvalue weighted by atomic mass is 10.1. The van der Waals surface area contributed by atoms with E-state index < -0.39 is 0 Å². The Bertz CT molecular complexity index is 823. The van der Waals surface area contributed by atoms with Crippen molar-refractivity contribution in [3.8, 4) is 0 Å². The number of aryl methyl sites for hydroxylation is 3. The number of likely N-dealkylation sites (N-methyl/N-ethyl adjacent to an activating group) is 1. The Balaban J connectivity index is 1.90. The molecular formula is C20H28N4O2. The molecule has 140 valence electrons. The van der Waals surface area contributed by atoms with Gasteiger partial charge in [-0.3, -0.25) is 14.3 Å². The minimum absolute atomic E-state index is 0.0389. The first kappa shape index (κ1) is 19.7. The molecule has 0 unspecified atom stereocenters. The first-order valence-electron chi connectivity index (χ1n) is 8.79. The zero-order valence-electron chi connectivity index (χ0n) is 16.5. The number of aromatic nitrogens is 2. The standard InChI is InChI=1S/C20H28N4O2/c1-13-8-7-9-18(14(13)2)21-19(25)12-23(5)20(26)11-10-17-15(3)22-24(6)16(17)4/h7-9H,10-12H2,1-6H3,(H,21,25). The lowest BCUT2D eigenvalue weighted by molar-refractivity contribution is -0.133.